The molecule has 1 saturated heterocycles. The Morgan fingerprint density at radius 1 is 1.14 bits per heavy atom. The lowest BCUT2D eigenvalue weighted by Gasteiger charge is -2.31. The third-order valence-corrected chi connectivity index (χ3v) is 5.03. The van der Waals surface area contributed by atoms with Gasteiger partial charge < -0.3 is 9.64 Å². The fourth-order valence-electron chi connectivity index (χ4n) is 2.67. The first-order valence-corrected chi connectivity index (χ1v) is 8.67. The summed E-state index contributed by atoms with van der Waals surface area (Å²) in [6.45, 7) is 1.30. The predicted molar refractivity (Wildman–Crippen MR) is 86.8 cm³/mol. The van der Waals surface area contributed by atoms with Crippen LogP contribution in [0.4, 0.5) is 0 Å². The van der Waals surface area contributed by atoms with Gasteiger partial charge in [0.05, 0.1) is 10.4 Å². The summed E-state index contributed by atoms with van der Waals surface area (Å²) in [6, 6.07) is 5.06. The zero-order chi connectivity index (χ0) is 15.7. The molecule has 118 valence electrons. The smallest absolute Gasteiger partial charge is 0.314 e. The molecule has 1 aliphatic carbocycles. The summed E-state index contributed by atoms with van der Waals surface area (Å²) in [5.74, 6) is 0.596. The Balaban J connectivity index is 1.54. The van der Waals surface area contributed by atoms with Crippen LogP contribution in [0.25, 0.3) is 0 Å². The molecule has 0 unspecified atom stereocenters. The molecule has 2 fully saturated rings. The number of hydrogen-bond acceptors (Lipinski definition) is 3. The Hall–Kier alpha value is -1.07. The number of piperidine rings is 1. The second-order valence-electron chi connectivity index (χ2n) is 5.87. The predicted octanol–water partition coefficient (Wildman–Crippen LogP) is 3.66. The summed E-state index contributed by atoms with van der Waals surface area (Å²) in [6.07, 6.45) is 3.38. The Kier molecular flexibility index (Phi) is 4.73. The first-order valence-electron chi connectivity index (χ1n) is 7.50. The fourth-order valence-corrected chi connectivity index (χ4v) is 3.44. The second-order valence-corrected chi connectivity index (χ2v) is 7.16. The van der Waals surface area contributed by atoms with Crippen molar-refractivity contribution in [2.24, 2.45) is 11.8 Å². The highest BCUT2D eigenvalue weighted by atomic mass is 79.9. The molecule has 1 aromatic carbocycles. The molecule has 1 saturated carbocycles. The van der Waals surface area contributed by atoms with E-state index in [1.807, 2.05) is 4.90 Å². The minimum Gasteiger partial charge on any atom is -0.425 e. The van der Waals surface area contributed by atoms with Crippen molar-refractivity contribution in [1.29, 1.82) is 0 Å². The normalized spacial score (nSPS) is 19.1. The van der Waals surface area contributed by atoms with Gasteiger partial charge in [0, 0.05) is 24.0 Å². The summed E-state index contributed by atoms with van der Waals surface area (Å²) in [4.78, 5) is 26.1. The molecule has 3 rings (SSSR count). The lowest BCUT2D eigenvalue weighted by atomic mass is 9.96. The highest BCUT2D eigenvalue weighted by Gasteiger charge is 2.36. The van der Waals surface area contributed by atoms with Gasteiger partial charge in [-0.1, -0.05) is 11.6 Å². The Bertz CT molecular complexity index is 595. The van der Waals surface area contributed by atoms with E-state index in [4.69, 9.17) is 16.3 Å². The maximum Gasteiger partial charge on any atom is 0.314 e. The van der Waals surface area contributed by atoms with E-state index in [2.05, 4.69) is 15.9 Å². The molecule has 1 heterocycles. The average molecular weight is 387 g/mol. The Labute approximate surface area is 142 Å². The van der Waals surface area contributed by atoms with E-state index in [0.717, 1.165) is 12.8 Å². The number of carbonyl (C=O) groups excluding carboxylic acids is 2. The van der Waals surface area contributed by atoms with Crippen molar-refractivity contribution < 1.29 is 14.3 Å². The van der Waals surface area contributed by atoms with Gasteiger partial charge in [-0.05, 0) is 59.8 Å². The maximum absolute atomic E-state index is 12.2. The minimum absolute atomic E-state index is 0.147. The van der Waals surface area contributed by atoms with Gasteiger partial charge in [-0.2, -0.15) is 0 Å². The molecule has 4 nitrogen and oxygen atoms in total. The van der Waals surface area contributed by atoms with E-state index in [-0.39, 0.29) is 23.7 Å². The number of amides is 1. The average Bonchev–Trinajstić information content (AvgIpc) is 3.34. The number of halogens is 2. The molecule has 0 bridgehead atoms. The lowest BCUT2D eigenvalue weighted by Crippen LogP contribution is -2.41. The van der Waals surface area contributed by atoms with Crippen LogP contribution in [0.15, 0.2) is 22.7 Å². The van der Waals surface area contributed by atoms with Crippen LogP contribution in [0, 0.1) is 11.8 Å². The molecule has 0 N–H and O–H groups in total. The van der Waals surface area contributed by atoms with E-state index >= 15 is 0 Å². The van der Waals surface area contributed by atoms with Crippen molar-refractivity contribution in [2.45, 2.75) is 25.7 Å². The van der Waals surface area contributed by atoms with Gasteiger partial charge in [0.15, 0.2) is 0 Å². The molecule has 1 aliphatic heterocycles. The molecule has 0 atom stereocenters. The molecule has 22 heavy (non-hydrogen) atoms. The summed E-state index contributed by atoms with van der Waals surface area (Å²) in [5, 5.41) is 0.582. The van der Waals surface area contributed by atoms with Crippen LogP contribution in [-0.4, -0.2) is 29.9 Å². The van der Waals surface area contributed by atoms with Gasteiger partial charge in [-0.15, -0.1) is 0 Å². The van der Waals surface area contributed by atoms with Crippen molar-refractivity contribution in [3.63, 3.8) is 0 Å². The summed E-state index contributed by atoms with van der Waals surface area (Å²) < 4.78 is 6.11. The number of carbonyl (C=O) groups is 2. The number of likely N-dealkylation sites (tertiary alicyclic amines) is 1. The number of benzene rings is 1. The highest BCUT2D eigenvalue weighted by Crippen LogP contribution is 2.33. The second kappa shape index (κ2) is 6.59. The van der Waals surface area contributed by atoms with Crippen molar-refractivity contribution in [2.75, 3.05) is 13.1 Å². The number of ether oxygens (including phenoxy) is 1. The van der Waals surface area contributed by atoms with Gasteiger partial charge in [0.1, 0.15) is 5.75 Å². The molecular weight excluding hydrogens is 370 g/mol. The minimum atomic E-state index is -0.235. The zero-order valence-corrected chi connectivity index (χ0v) is 14.4. The Morgan fingerprint density at radius 3 is 2.41 bits per heavy atom. The molecule has 1 aromatic rings. The number of esters is 1. The quantitative estimate of drug-likeness (QED) is 0.588. The topological polar surface area (TPSA) is 46.6 Å². The molecule has 2 aliphatic rings. The first-order chi connectivity index (χ1) is 10.5. The lowest BCUT2D eigenvalue weighted by molar-refractivity contribution is -0.143. The van der Waals surface area contributed by atoms with Gasteiger partial charge in [0.25, 0.3) is 0 Å². The summed E-state index contributed by atoms with van der Waals surface area (Å²) >= 11 is 9.21. The molecule has 0 radical (unpaired) electrons. The molecule has 6 heteroatoms. The van der Waals surface area contributed by atoms with Crippen molar-refractivity contribution in [1.82, 2.24) is 4.90 Å². The van der Waals surface area contributed by atoms with Crippen LogP contribution in [0.1, 0.15) is 25.7 Å². The van der Waals surface area contributed by atoms with Crippen LogP contribution in [0.2, 0.25) is 5.02 Å². The van der Waals surface area contributed by atoms with Crippen LogP contribution >= 0.6 is 27.5 Å². The van der Waals surface area contributed by atoms with Crippen molar-refractivity contribution >= 4 is 39.4 Å². The standard InChI is InChI=1S/C16H17BrClNO3/c17-13-9-12(18)3-4-14(13)22-16(21)11-5-7-19(8-6-11)15(20)10-1-2-10/h3-4,9-11H,1-2,5-8H2. The van der Waals surface area contributed by atoms with Gasteiger partial charge in [-0.3, -0.25) is 9.59 Å². The number of rotatable bonds is 3. The third kappa shape index (κ3) is 3.63. The van der Waals surface area contributed by atoms with Gasteiger partial charge in [-0.25, -0.2) is 0 Å². The van der Waals surface area contributed by atoms with E-state index in [0.29, 0.717) is 41.2 Å². The SMILES string of the molecule is O=C(Oc1ccc(Cl)cc1Br)C1CCN(C(=O)C2CC2)CC1. The summed E-state index contributed by atoms with van der Waals surface area (Å²) in [5.41, 5.74) is 0. The number of nitrogens with zero attached hydrogens (tertiary/aromatic N) is 1. The zero-order valence-electron chi connectivity index (χ0n) is 12.1. The summed E-state index contributed by atoms with van der Waals surface area (Å²) in [7, 11) is 0. The van der Waals surface area contributed by atoms with Gasteiger partial charge >= 0.3 is 5.97 Å². The van der Waals surface area contributed by atoms with E-state index in [1.54, 1.807) is 18.2 Å². The monoisotopic (exact) mass is 385 g/mol. The van der Waals surface area contributed by atoms with Crippen molar-refractivity contribution in [3.05, 3.63) is 27.7 Å². The highest BCUT2D eigenvalue weighted by molar-refractivity contribution is 9.10. The first kappa shape index (κ1) is 15.8. The van der Waals surface area contributed by atoms with E-state index in [1.165, 1.54) is 0 Å². The van der Waals surface area contributed by atoms with Crippen LogP contribution in [-0.2, 0) is 9.59 Å². The number of hydrogen-bond donors (Lipinski definition) is 0. The van der Waals surface area contributed by atoms with Gasteiger partial charge in [0.2, 0.25) is 5.91 Å². The maximum atomic E-state index is 12.2. The molecule has 0 spiro atoms. The van der Waals surface area contributed by atoms with E-state index in [9.17, 15) is 9.59 Å². The third-order valence-electron chi connectivity index (χ3n) is 4.17. The Morgan fingerprint density at radius 2 is 1.82 bits per heavy atom. The van der Waals surface area contributed by atoms with Crippen LogP contribution in [0.3, 0.4) is 0 Å². The fraction of sp³-hybridized carbons (Fsp3) is 0.500. The van der Waals surface area contributed by atoms with Crippen LogP contribution < -0.4 is 4.74 Å². The largest absolute Gasteiger partial charge is 0.425 e. The molecular formula is C16H17BrClNO3. The van der Waals surface area contributed by atoms with Crippen molar-refractivity contribution in [3.8, 4) is 5.75 Å². The van der Waals surface area contributed by atoms with E-state index < -0.39 is 0 Å². The molecule has 0 aromatic heterocycles. The molecule has 1 amide bonds. The van der Waals surface area contributed by atoms with Crippen LogP contribution in [0.5, 0.6) is 5.75 Å².